The standard InChI is InChI=1S/C24H31FN6O4S/c1-15(2)19-11-18(25)12-20(17-6-8-26-21(10-17)34-5)22(19)35-23-27-24(29-28-23)36(32,33)31-9-7-16(14-31)13-30(3)4/h6,8,10-12,15-16H,7,9,13-14H2,1-5H3,(H,27,28,29). The Morgan fingerprint density at radius 1 is 1.25 bits per heavy atom. The molecule has 0 saturated carbocycles. The number of pyridine rings is 1. The van der Waals surface area contributed by atoms with Gasteiger partial charge in [0, 0.05) is 43.0 Å². The van der Waals surface area contributed by atoms with Gasteiger partial charge in [-0.2, -0.15) is 4.31 Å². The highest BCUT2D eigenvalue weighted by Crippen LogP contribution is 2.40. The molecular weight excluding hydrogens is 487 g/mol. The summed E-state index contributed by atoms with van der Waals surface area (Å²) in [4.78, 5) is 8.86. The van der Waals surface area contributed by atoms with Gasteiger partial charge < -0.3 is 14.4 Å². The lowest BCUT2D eigenvalue weighted by molar-refractivity contribution is 0.329. The second-order valence-corrected chi connectivity index (χ2v) is 11.3. The van der Waals surface area contributed by atoms with Gasteiger partial charge in [0.1, 0.15) is 11.6 Å². The van der Waals surface area contributed by atoms with E-state index in [9.17, 15) is 12.8 Å². The molecule has 3 heterocycles. The predicted molar refractivity (Wildman–Crippen MR) is 132 cm³/mol. The number of nitrogens with one attached hydrogen (secondary N) is 1. The predicted octanol–water partition coefficient (Wildman–Crippen LogP) is 3.50. The highest BCUT2D eigenvalue weighted by atomic mass is 32.2. The number of methoxy groups -OCH3 is 1. The lowest BCUT2D eigenvalue weighted by atomic mass is 9.95. The molecule has 1 N–H and O–H groups in total. The van der Waals surface area contributed by atoms with Crippen LogP contribution in [0.5, 0.6) is 17.6 Å². The van der Waals surface area contributed by atoms with E-state index in [2.05, 4.69) is 20.2 Å². The Bertz CT molecular complexity index is 1330. The third-order valence-corrected chi connectivity index (χ3v) is 7.74. The molecule has 0 radical (unpaired) electrons. The van der Waals surface area contributed by atoms with Crippen molar-refractivity contribution in [1.29, 1.82) is 0 Å². The molecule has 0 aliphatic carbocycles. The second kappa shape index (κ2) is 10.5. The molecule has 0 amide bonds. The van der Waals surface area contributed by atoms with Crippen molar-refractivity contribution in [2.45, 2.75) is 31.3 Å². The summed E-state index contributed by atoms with van der Waals surface area (Å²) in [6, 6.07) is 6.01. The van der Waals surface area contributed by atoms with Crippen molar-refractivity contribution in [3.63, 3.8) is 0 Å². The minimum absolute atomic E-state index is 0.0949. The average molecular weight is 519 g/mol. The van der Waals surface area contributed by atoms with E-state index in [1.165, 1.54) is 23.5 Å². The van der Waals surface area contributed by atoms with Crippen molar-refractivity contribution < 1.29 is 22.3 Å². The van der Waals surface area contributed by atoms with Gasteiger partial charge in [-0.25, -0.2) is 17.8 Å². The fourth-order valence-corrected chi connectivity index (χ4v) is 5.71. The number of benzene rings is 1. The summed E-state index contributed by atoms with van der Waals surface area (Å²) in [6.45, 7) is 5.46. The topological polar surface area (TPSA) is 114 Å². The van der Waals surface area contributed by atoms with Gasteiger partial charge in [-0.15, -0.1) is 5.10 Å². The number of hydrogen-bond donors (Lipinski definition) is 1. The fourth-order valence-electron chi connectivity index (χ4n) is 4.35. The fraction of sp³-hybridized carbons (Fsp3) is 0.458. The molecule has 1 fully saturated rings. The first kappa shape index (κ1) is 26.0. The van der Waals surface area contributed by atoms with Crippen molar-refractivity contribution >= 4 is 10.0 Å². The van der Waals surface area contributed by atoms with Crippen molar-refractivity contribution in [3.05, 3.63) is 41.8 Å². The molecule has 10 nitrogen and oxygen atoms in total. The quantitative estimate of drug-likeness (QED) is 0.458. The minimum Gasteiger partial charge on any atom is -0.481 e. The maximum absolute atomic E-state index is 14.6. The highest BCUT2D eigenvalue weighted by molar-refractivity contribution is 7.89. The van der Waals surface area contributed by atoms with Gasteiger partial charge in [-0.1, -0.05) is 18.9 Å². The molecule has 1 unspecified atom stereocenters. The zero-order valence-corrected chi connectivity index (χ0v) is 21.8. The van der Waals surface area contributed by atoms with Crippen LogP contribution in [-0.4, -0.2) is 78.6 Å². The molecule has 1 aromatic carbocycles. The molecule has 1 atom stereocenters. The molecule has 194 valence electrons. The van der Waals surface area contributed by atoms with Crippen LogP contribution >= 0.6 is 0 Å². The van der Waals surface area contributed by atoms with E-state index in [4.69, 9.17) is 9.47 Å². The molecule has 12 heteroatoms. The largest absolute Gasteiger partial charge is 0.481 e. The summed E-state index contributed by atoms with van der Waals surface area (Å²) in [7, 11) is 1.57. The van der Waals surface area contributed by atoms with Crippen molar-refractivity contribution in [3.8, 4) is 28.8 Å². The number of sulfonamides is 1. The van der Waals surface area contributed by atoms with Gasteiger partial charge in [0.25, 0.3) is 15.2 Å². The number of rotatable bonds is 9. The zero-order valence-electron chi connectivity index (χ0n) is 21.0. The lowest BCUT2D eigenvalue weighted by Gasteiger charge is -2.18. The van der Waals surface area contributed by atoms with E-state index >= 15 is 0 Å². The van der Waals surface area contributed by atoms with E-state index in [1.807, 2.05) is 32.8 Å². The van der Waals surface area contributed by atoms with Gasteiger partial charge >= 0.3 is 6.01 Å². The Hall–Kier alpha value is -3.09. The molecule has 2 aromatic heterocycles. The van der Waals surface area contributed by atoms with Gasteiger partial charge in [-0.3, -0.25) is 4.98 Å². The number of halogens is 1. The van der Waals surface area contributed by atoms with E-state index in [0.29, 0.717) is 41.4 Å². The van der Waals surface area contributed by atoms with Crippen LogP contribution in [0.1, 0.15) is 31.7 Å². The Morgan fingerprint density at radius 3 is 2.72 bits per heavy atom. The maximum Gasteiger partial charge on any atom is 0.320 e. The zero-order chi connectivity index (χ0) is 26.0. The summed E-state index contributed by atoms with van der Waals surface area (Å²) in [5, 5.41) is 7.51. The van der Waals surface area contributed by atoms with Gasteiger partial charge in [0.2, 0.25) is 5.88 Å². The Labute approximate surface area is 210 Å². The third-order valence-electron chi connectivity index (χ3n) is 6.06. The van der Waals surface area contributed by atoms with Gasteiger partial charge in [-0.05, 0) is 56.1 Å². The lowest BCUT2D eigenvalue weighted by Crippen LogP contribution is -2.31. The van der Waals surface area contributed by atoms with Crippen LogP contribution in [-0.2, 0) is 10.0 Å². The smallest absolute Gasteiger partial charge is 0.320 e. The highest BCUT2D eigenvalue weighted by Gasteiger charge is 2.35. The van der Waals surface area contributed by atoms with E-state index in [-0.39, 0.29) is 23.0 Å². The SMILES string of the molecule is COc1cc(-c2cc(F)cc(C(C)C)c2Oc2nnc(S(=O)(=O)N3CCC(CN(C)C)C3)[nH]2)ccn1. The van der Waals surface area contributed by atoms with Gasteiger partial charge in [0.05, 0.1) is 7.11 Å². The van der Waals surface area contributed by atoms with Crippen LogP contribution in [0.25, 0.3) is 11.1 Å². The normalized spacial score (nSPS) is 16.7. The molecule has 36 heavy (non-hydrogen) atoms. The van der Waals surface area contributed by atoms with Gasteiger partial charge in [0.15, 0.2) is 0 Å². The number of H-pyrrole nitrogens is 1. The number of aromatic nitrogens is 4. The van der Waals surface area contributed by atoms with Crippen LogP contribution in [0.4, 0.5) is 4.39 Å². The molecule has 3 aromatic rings. The second-order valence-electron chi connectivity index (χ2n) is 9.43. The summed E-state index contributed by atoms with van der Waals surface area (Å²) in [5.74, 6) is 0.426. The molecule has 1 aliphatic heterocycles. The summed E-state index contributed by atoms with van der Waals surface area (Å²) in [5.41, 5.74) is 1.66. The maximum atomic E-state index is 14.6. The summed E-state index contributed by atoms with van der Waals surface area (Å²) in [6.07, 6.45) is 2.33. The van der Waals surface area contributed by atoms with Crippen molar-refractivity contribution in [2.24, 2.45) is 5.92 Å². The van der Waals surface area contributed by atoms with Crippen LogP contribution in [0.3, 0.4) is 0 Å². The monoisotopic (exact) mass is 518 g/mol. The number of aromatic amines is 1. The van der Waals surface area contributed by atoms with E-state index in [0.717, 1.165) is 13.0 Å². The molecular formula is C24H31FN6O4S. The summed E-state index contributed by atoms with van der Waals surface area (Å²) < 4.78 is 53.6. The first-order chi connectivity index (χ1) is 17.1. The average Bonchev–Trinajstić information content (AvgIpc) is 3.50. The summed E-state index contributed by atoms with van der Waals surface area (Å²) >= 11 is 0. The van der Waals surface area contributed by atoms with Crippen molar-refractivity contribution in [1.82, 2.24) is 29.4 Å². The molecule has 4 rings (SSSR count). The Balaban J connectivity index is 1.66. The van der Waals surface area contributed by atoms with Crippen LogP contribution in [0.2, 0.25) is 0 Å². The van der Waals surface area contributed by atoms with E-state index in [1.54, 1.807) is 18.3 Å². The number of hydrogen-bond acceptors (Lipinski definition) is 8. The minimum atomic E-state index is -3.86. The number of ether oxygens (including phenoxy) is 2. The van der Waals surface area contributed by atoms with Crippen molar-refractivity contribution in [2.75, 3.05) is 40.8 Å². The third kappa shape index (κ3) is 5.50. The van der Waals surface area contributed by atoms with Crippen LogP contribution < -0.4 is 9.47 Å². The Morgan fingerprint density at radius 2 is 2.03 bits per heavy atom. The first-order valence-corrected chi connectivity index (χ1v) is 13.1. The molecule has 0 spiro atoms. The molecule has 1 aliphatic rings. The number of nitrogens with zero attached hydrogens (tertiary/aromatic N) is 5. The Kier molecular flexibility index (Phi) is 7.57. The first-order valence-electron chi connectivity index (χ1n) is 11.7. The molecule has 0 bridgehead atoms. The molecule has 1 saturated heterocycles. The van der Waals surface area contributed by atoms with E-state index < -0.39 is 15.8 Å². The van der Waals surface area contributed by atoms with Crippen LogP contribution in [0.15, 0.2) is 35.6 Å². The van der Waals surface area contributed by atoms with Crippen LogP contribution in [0, 0.1) is 11.7 Å².